The minimum atomic E-state index is -4.18. The molecule has 11 heteroatoms. The van der Waals surface area contributed by atoms with Gasteiger partial charge in [0.1, 0.15) is 18.3 Å². The maximum atomic E-state index is 14.2. The standard InChI is InChI=1S/C32H40ClN3O5S2/c1-7-29(31(38)34-32(3,4)5)35(21-23-9-11-24(33)12-10-23)30(37)22-36(25-13-15-26(16-14-25)41-8-2)43(39,40)28-19-17-27(42-6)18-20-28/h9-20,29H,7-8,21-22H2,1-6H3,(H,34,38)/t29-/m0/s1. The third kappa shape index (κ3) is 9.39. The number of sulfonamides is 1. The van der Waals surface area contributed by atoms with E-state index in [1.165, 1.54) is 28.8 Å². The molecule has 0 saturated carbocycles. The molecule has 43 heavy (non-hydrogen) atoms. The van der Waals surface area contributed by atoms with Crippen LogP contribution in [0.1, 0.15) is 46.6 Å². The number of nitrogens with zero attached hydrogens (tertiary/aromatic N) is 2. The van der Waals surface area contributed by atoms with Gasteiger partial charge in [-0.3, -0.25) is 13.9 Å². The second-order valence-corrected chi connectivity index (χ2v) is 14.1. The fourth-order valence-corrected chi connectivity index (χ4v) is 6.39. The van der Waals surface area contributed by atoms with Crippen molar-refractivity contribution in [3.8, 4) is 5.75 Å². The molecule has 3 aromatic rings. The van der Waals surface area contributed by atoms with Crippen molar-refractivity contribution in [3.05, 3.63) is 83.4 Å². The van der Waals surface area contributed by atoms with Gasteiger partial charge in [-0.1, -0.05) is 30.7 Å². The Bertz CT molecular complexity index is 1470. The molecule has 0 aliphatic heterocycles. The van der Waals surface area contributed by atoms with Crippen molar-refractivity contribution in [1.29, 1.82) is 0 Å². The Morgan fingerprint density at radius 1 is 0.953 bits per heavy atom. The van der Waals surface area contributed by atoms with E-state index in [9.17, 15) is 18.0 Å². The second-order valence-electron chi connectivity index (χ2n) is 10.9. The molecule has 0 spiro atoms. The van der Waals surface area contributed by atoms with Crippen LogP contribution in [0.3, 0.4) is 0 Å². The maximum absolute atomic E-state index is 14.2. The quantitative estimate of drug-likeness (QED) is 0.217. The van der Waals surface area contributed by atoms with Gasteiger partial charge in [-0.2, -0.15) is 0 Å². The second kappa shape index (κ2) is 15.0. The molecule has 232 valence electrons. The molecule has 2 amide bonds. The van der Waals surface area contributed by atoms with Gasteiger partial charge in [0.15, 0.2) is 0 Å². The summed E-state index contributed by atoms with van der Waals surface area (Å²) in [6.45, 7) is 9.30. The Kier molecular flexibility index (Phi) is 12.0. The molecule has 0 radical (unpaired) electrons. The predicted molar refractivity (Wildman–Crippen MR) is 174 cm³/mol. The largest absolute Gasteiger partial charge is 0.494 e. The fraction of sp³-hybridized carbons (Fsp3) is 0.375. The van der Waals surface area contributed by atoms with Crippen molar-refractivity contribution in [1.82, 2.24) is 10.2 Å². The summed E-state index contributed by atoms with van der Waals surface area (Å²) in [5.74, 6) is -0.266. The van der Waals surface area contributed by atoms with Crippen molar-refractivity contribution in [2.75, 3.05) is 23.7 Å². The molecule has 0 fully saturated rings. The number of amides is 2. The number of hydrogen-bond acceptors (Lipinski definition) is 6. The summed E-state index contributed by atoms with van der Waals surface area (Å²) in [5, 5.41) is 3.51. The summed E-state index contributed by atoms with van der Waals surface area (Å²) in [6, 6.07) is 19.2. The lowest BCUT2D eigenvalue weighted by Crippen LogP contribution is -2.55. The lowest BCUT2D eigenvalue weighted by atomic mass is 10.1. The van der Waals surface area contributed by atoms with E-state index >= 15 is 0 Å². The number of anilines is 1. The highest BCUT2D eigenvalue weighted by atomic mass is 35.5. The first-order valence-corrected chi connectivity index (χ1v) is 17.1. The van der Waals surface area contributed by atoms with E-state index in [2.05, 4.69) is 5.32 Å². The van der Waals surface area contributed by atoms with E-state index in [0.717, 1.165) is 14.8 Å². The number of ether oxygens (including phenoxy) is 1. The Morgan fingerprint density at radius 3 is 2.07 bits per heavy atom. The van der Waals surface area contributed by atoms with Gasteiger partial charge >= 0.3 is 0 Å². The van der Waals surface area contributed by atoms with Crippen LogP contribution in [-0.4, -0.2) is 56.1 Å². The van der Waals surface area contributed by atoms with E-state index in [0.29, 0.717) is 29.5 Å². The average molecular weight is 646 g/mol. The molecule has 0 unspecified atom stereocenters. The minimum absolute atomic E-state index is 0.0498. The zero-order chi connectivity index (χ0) is 31.8. The summed E-state index contributed by atoms with van der Waals surface area (Å²) >= 11 is 7.59. The molecular formula is C32H40ClN3O5S2. The van der Waals surface area contributed by atoms with E-state index in [4.69, 9.17) is 16.3 Å². The average Bonchev–Trinajstić information content (AvgIpc) is 2.96. The third-order valence-corrected chi connectivity index (χ3v) is 9.30. The summed E-state index contributed by atoms with van der Waals surface area (Å²) in [5.41, 5.74) is 0.521. The highest BCUT2D eigenvalue weighted by Crippen LogP contribution is 2.28. The van der Waals surface area contributed by atoms with Crippen molar-refractivity contribution >= 4 is 50.9 Å². The lowest BCUT2D eigenvalue weighted by molar-refractivity contribution is -0.141. The molecule has 1 atom stereocenters. The van der Waals surface area contributed by atoms with Crippen LogP contribution >= 0.6 is 23.4 Å². The Balaban J connectivity index is 2.07. The number of thioether (sulfide) groups is 1. The molecule has 0 aromatic heterocycles. The normalized spacial score (nSPS) is 12.3. The molecule has 0 bridgehead atoms. The summed E-state index contributed by atoms with van der Waals surface area (Å²) in [6.07, 6.45) is 2.23. The van der Waals surface area contributed by atoms with Crippen LogP contribution in [0.5, 0.6) is 5.75 Å². The van der Waals surface area contributed by atoms with Crippen LogP contribution in [0.25, 0.3) is 0 Å². The number of halogens is 1. The van der Waals surface area contributed by atoms with Crippen LogP contribution in [0.15, 0.2) is 82.6 Å². The highest BCUT2D eigenvalue weighted by molar-refractivity contribution is 7.98. The summed E-state index contributed by atoms with van der Waals surface area (Å²) in [4.78, 5) is 30.0. The zero-order valence-electron chi connectivity index (χ0n) is 25.5. The van der Waals surface area contributed by atoms with Gasteiger partial charge in [0.25, 0.3) is 10.0 Å². The molecule has 0 aliphatic carbocycles. The van der Waals surface area contributed by atoms with Gasteiger partial charge in [0.2, 0.25) is 11.8 Å². The molecule has 3 aromatic carbocycles. The number of nitrogens with one attached hydrogen (secondary N) is 1. The number of carbonyl (C=O) groups excluding carboxylic acids is 2. The predicted octanol–water partition coefficient (Wildman–Crippen LogP) is 6.38. The Labute approximate surface area is 264 Å². The van der Waals surface area contributed by atoms with E-state index in [1.54, 1.807) is 60.7 Å². The van der Waals surface area contributed by atoms with Crippen molar-refractivity contribution in [2.45, 2.75) is 69.0 Å². The molecule has 0 saturated heterocycles. The van der Waals surface area contributed by atoms with Crippen molar-refractivity contribution < 1.29 is 22.7 Å². The zero-order valence-corrected chi connectivity index (χ0v) is 27.9. The van der Waals surface area contributed by atoms with Crippen LogP contribution < -0.4 is 14.4 Å². The van der Waals surface area contributed by atoms with Gasteiger partial charge in [-0.05, 0) is 107 Å². The van der Waals surface area contributed by atoms with Gasteiger partial charge in [0, 0.05) is 22.0 Å². The van der Waals surface area contributed by atoms with Crippen LogP contribution in [0.4, 0.5) is 5.69 Å². The van der Waals surface area contributed by atoms with E-state index in [-0.39, 0.29) is 17.3 Å². The Morgan fingerprint density at radius 2 is 1.56 bits per heavy atom. The summed E-state index contributed by atoms with van der Waals surface area (Å²) in [7, 11) is -4.18. The Hall–Kier alpha value is -3.21. The first-order valence-electron chi connectivity index (χ1n) is 14.0. The first-order chi connectivity index (χ1) is 20.3. The molecule has 0 aliphatic rings. The van der Waals surface area contributed by atoms with Crippen molar-refractivity contribution in [3.63, 3.8) is 0 Å². The molecule has 3 rings (SSSR count). The smallest absolute Gasteiger partial charge is 0.264 e. The van der Waals surface area contributed by atoms with Gasteiger partial charge < -0.3 is 15.0 Å². The summed E-state index contributed by atoms with van der Waals surface area (Å²) < 4.78 is 34.8. The molecule has 0 heterocycles. The fourth-order valence-electron chi connectivity index (χ4n) is 4.44. The third-order valence-electron chi connectivity index (χ3n) is 6.51. The molecule has 8 nitrogen and oxygen atoms in total. The van der Waals surface area contributed by atoms with Gasteiger partial charge in [-0.25, -0.2) is 8.42 Å². The first kappa shape index (κ1) is 34.3. The van der Waals surface area contributed by atoms with Gasteiger partial charge in [0.05, 0.1) is 17.2 Å². The number of benzene rings is 3. The molecular weight excluding hydrogens is 606 g/mol. The highest BCUT2D eigenvalue weighted by Gasteiger charge is 2.34. The maximum Gasteiger partial charge on any atom is 0.264 e. The number of rotatable bonds is 13. The lowest BCUT2D eigenvalue weighted by Gasteiger charge is -2.34. The van der Waals surface area contributed by atoms with Gasteiger partial charge in [-0.15, -0.1) is 11.8 Å². The van der Waals surface area contributed by atoms with E-state index < -0.39 is 34.1 Å². The number of hydrogen-bond donors (Lipinski definition) is 1. The topological polar surface area (TPSA) is 96.0 Å². The molecule has 1 N–H and O–H groups in total. The van der Waals surface area contributed by atoms with Crippen LogP contribution in [0.2, 0.25) is 5.02 Å². The SMILES string of the molecule is CCOc1ccc(N(CC(=O)N(Cc2ccc(Cl)cc2)[C@@H](CC)C(=O)NC(C)(C)C)S(=O)(=O)c2ccc(SC)cc2)cc1. The van der Waals surface area contributed by atoms with Crippen LogP contribution in [-0.2, 0) is 26.2 Å². The monoisotopic (exact) mass is 645 g/mol. The van der Waals surface area contributed by atoms with E-state index in [1.807, 2.05) is 40.9 Å². The minimum Gasteiger partial charge on any atom is -0.494 e. The number of carbonyl (C=O) groups is 2. The van der Waals surface area contributed by atoms with Crippen LogP contribution in [0, 0.1) is 0 Å². The van der Waals surface area contributed by atoms with Crippen molar-refractivity contribution in [2.24, 2.45) is 0 Å².